The minimum Gasteiger partial charge on any atom is -0.368 e. The Bertz CT molecular complexity index is 116. The highest BCUT2D eigenvalue weighted by atomic mass is 16.2. The maximum Gasteiger partial charge on any atom is 0.236 e. The zero-order valence-corrected chi connectivity index (χ0v) is 3.55. The Balaban J connectivity index is 3.38. The van der Waals surface area contributed by atoms with Crippen LogP contribution in [0.2, 0.25) is 2.82 Å². The molecule has 0 fully saturated rings. The molecule has 4 heteroatoms. The van der Waals surface area contributed by atoms with Crippen LogP contribution >= 0.6 is 0 Å². The highest BCUT2D eigenvalue weighted by Gasteiger charge is 1.85. The molecular weight excluding hydrogens is 96.0 g/mol. The van der Waals surface area contributed by atoms with Crippen molar-refractivity contribution < 1.29 is 12.4 Å². The molecule has 0 saturated heterocycles. The Labute approximate surface area is 43.6 Å². The summed E-state index contributed by atoms with van der Waals surface area (Å²) < 4.78 is 12.7. The Hall–Kier alpha value is -1.06. The maximum absolute atomic E-state index is 10.2. The number of carbonyl (C=O) groups is 2. The lowest BCUT2D eigenvalue weighted by molar-refractivity contribution is -0.119. The van der Waals surface area contributed by atoms with E-state index in [1.54, 1.807) is 0 Å². The van der Waals surface area contributed by atoms with Crippen LogP contribution in [0.3, 0.4) is 0 Å². The van der Waals surface area contributed by atoms with Gasteiger partial charge in [0.1, 0.15) is 0 Å². The highest BCUT2D eigenvalue weighted by Crippen LogP contribution is 1.46. The van der Waals surface area contributed by atoms with E-state index in [0.29, 0.717) is 6.41 Å². The summed E-state index contributed by atoms with van der Waals surface area (Å²) in [5.74, 6) is -0.776. The van der Waals surface area contributed by atoms with Gasteiger partial charge in [0.05, 0.1) is 6.54 Å². The molecule has 0 aliphatic carbocycles. The first-order chi connectivity index (χ1) is 4.18. The number of hydrogen-bond donors (Lipinski definition) is 2. The Morgan fingerprint density at radius 1 is 2.14 bits per heavy atom. The van der Waals surface area contributed by atoms with Crippen LogP contribution in [0.5, 0.6) is 0 Å². The van der Waals surface area contributed by atoms with E-state index in [2.05, 4.69) is 0 Å². The van der Waals surface area contributed by atoms with Crippen LogP contribution in [-0.4, -0.2) is 18.9 Å². The second-order valence-corrected chi connectivity index (χ2v) is 0.892. The number of hydrogen-bond acceptors (Lipinski definition) is 2. The van der Waals surface area contributed by atoms with Crippen LogP contribution in [0.25, 0.3) is 0 Å². The topological polar surface area (TPSA) is 72.2 Å². The molecule has 0 spiro atoms. The fourth-order valence-corrected chi connectivity index (χ4v) is 0.129. The SMILES string of the molecule is [2H]N([2H])C(=O)CNC=O. The molecule has 0 rings (SSSR count). The summed E-state index contributed by atoms with van der Waals surface area (Å²) in [5.41, 5.74) is -0.0868. The van der Waals surface area contributed by atoms with Crippen molar-refractivity contribution in [1.29, 1.82) is 0 Å². The van der Waals surface area contributed by atoms with Crippen molar-refractivity contribution in [1.82, 2.24) is 5.32 Å². The lowest BCUT2D eigenvalue weighted by atomic mass is 10.6. The van der Waals surface area contributed by atoms with Crippen LogP contribution in [-0.2, 0) is 9.59 Å². The first-order valence-corrected chi connectivity index (χ1v) is 1.66. The van der Waals surface area contributed by atoms with E-state index in [0.717, 1.165) is 0 Å². The third-order valence-electron chi connectivity index (χ3n) is 0.337. The minimum absolute atomic E-state index is 0.0868. The Kier molecular flexibility index (Phi) is 1.35. The van der Waals surface area contributed by atoms with Gasteiger partial charge in [0, 0.05) is 0 Å². The number of carbonyl (C=O) groups excluding carboxylic acids is 2. The largest absolute Gasteiger partial charge is 0.368 e. The van der Waals surface area contributed by atoms with E-state index < -0.39 is 5.91 Å². The summed E-state index contributed by atoms with van der Waals surface area (Å²) in [5, 5.41) is 2.02. The third kappa shape index (κ3) is 4.94. The van der Waals surface area contributed by atoms with E-state index >= 15 is 0 Å². The molecule has 0 bridgehead atoms. The van der Waals surface area contributed by atoms with E-state index in [4.69, 9.17) is 2.82 Å². The number of rotatable bonds is 3. The maximum atomic E-state index is 10.2. The van der Waals surface area contributed by atoms with E-state index in [1.165, 1.54) is 0 Å². The molecule has 40 valence electrons. The number of amides is 2. The van der Waals surface area contributed by atoms with Crippen molar-refractivity contribution in [3.8, 4) is 0 Å². The zero-order chi connectivity index (χ0) is 7.28. The molecule has 0 saturated carbocycles. The van der Waals surface area contributed by atoms with Crippen LogP contribution in [0, 0.1) is 0 Å². The van der Waals surface area contributed by atoms with Crippen molar-refractivity contribution in [3.05, 3.63) is 0 Å². The van der Waals surface area contributed by atoms with Gasteiger partial charge in [-0.3, -0.25) is 9.59 Å². The summed E-state index contributed by atoms with van der Waals surface area (Å²) in [6, 6.07) is 0. The molecule has 4 nitrogen and oxygen atoms in total. The second kappa shape index (κ2) is 3.14. The van der Waals surface area contributed by atoms with Gasteiger partial charge < -0.3 is 11.0 Å². The van der Waals surface area contributed by atoms with Crippen molar-refractivity contribution in [2.75, 3.05) is 6.54 Å². The fraction of sp³-hybridized carbons (Fsp3) is 0.333. The first kappa shape index (κ1) is 3.01. The van der Waals surface area contributed by atoms with Crippen LogP contribution in [0.1, 0.15) is 0 Å². The average molecular weight is 104 g/mol. The van der Waals surface area contributed by atoms with E-state index in [-0.39, 0.29) is 12.3 Å². The van der Waals surface area contributed by atoms with Gasteiger partial charge in [-0.1, -0.05) is 0 Å². The summed E-state index contributed by atoms with van der Waals surface area (Å²) in [6.07, 6.45) is 0.335. The summed E-state index contributed by atoms with van der Waals surface area (Å²) in [4.78, 5) is 19.8. The molecule has 2 amide bonds. The number of nitrogens with one attached hydrogen (secondary N) is 1. The van der Waals surface area contributed by atoms with Crippen molar-refractivity contribution in [2.45, 2.75) is 0 Å². The lowest BCUT2D eigenvalue weighted by Gasteiger charge is -1.86. The molecule has 0 aromatic carbocycles. The normalized spacial score (nSPS) is 10.9. The summed E-state index contributed by atoms with van der Waals surface area (Å²) >= 11 is 0. The number of primary amides is 1. The van der Waals surface area contributed by atoms with Gasteiger partial charge in [-0.25, -0.2) is 0 Å². The van der Waals surface area contributed by atoms with Gasteiger partial charge in [0.2, 0.25) is 12.3 Å². The van der Waals surface area contributed by atoms with Gasteiger partial charge in [-0.15, -0.1) is 0 Å². The molecule has 0 atom stereocenters. The Morgan fingerprint density at radius 2 is 2.86 bits per heavy atom. The predicted molar refractivity (Wildman–Crippen MR) is 23.3 cm³/mol. The van der Waals surface area contributed by atoms with E-state index in [9.17, 15) is 9.59 Å². The molecule has 0 heterocycles. The fourth-order valence-electron chi connectivity index (χ4n) is 0.129. The van der Waals surface area contributed by atoms with Crippen molar-refractivity contribution >= 4 is 12.3 Å². The van der Waals surface area contributed by atoms with Crippen LogP contribution in [0.15, 0.2) is 0 Å². The van der Waals surface area contributed by atoms with Crippen LogP contribution < -0.4 is 11.0 Å². The second-order valence-electron chi connectivity index (χ2n) is 0.892. The molecule has 0 aliphatic heterocycles. The smallest absolute Gasteiger partial charge is 0.236 e. The monoisotopic (exact) mass is 104 g/mol. The van der Waals surface area contributed by atoms with Crippen molar-refractivity contribution in [3.63, 3.8) is 0 Å². The van der Waals surface area contributed by atoms with E-state index in [1.807, 2.05) is 5.32 Å². The molecule has 0 aliphatic rings. The van der Waals surface area contributed by atoms with Gasteiger partial charge in [0.15, 0.2) is 2.82 Å². The average Bonchev–Trinajstić information content (AvgIpc) is 1.82. The predicted octanol–water partition coefficient (Wildman–Crippen LogP) is -1.78. The Morgan fingerprint density at radius 3 is 3.29 bits per heavy atom. The first-order valence-electron chi connectivity index (χ1n) is 2.55. The van der Waals surface area contributed by atoms with Crippen molar-refractivity contribution in [2.24, 2.45) is 5.72 Å². The molecular formula is C3H6N2O2. The minimum atomic E-state index is -0.776. The lowest BCUT2D eigenvalue weighted by Crippen LogP contribution is -2.27. The van der Waals surface area contributed by atoms with Crippen LogP contribution in [0.4, 0.5) is 0 Å². The number of nitrogens with two attached hydrogens (primary N) is 1. The standard InChI is InChI=1S/C3H6N2O2/c4-3(7)1-5-2-6/h2H,1H2,(H2,4,7)(H,5,6)/i/hD2. The third-order valence-corrected chi connectivity index (χ3v) is 0.337. The molecule has 0 aromatic rings. The molecule has 0 aromatic heterocycles. The van der Waals surface area contributed by atoms with Gasteiger partial charge >= 0.3 is 0 Å². The summed E-state index contributed by atoms with van der Waals surface area (Å²) in [7, 11) is 0. The zero-order valence-electron chi connectivity index (χ0n) is 5.55. The molecule has 7 heavy (non-hydrogen) atoms. The molecule has 0 radical (unpaired) electrons. The van der Waals surface area contributed by atoms with Gasteiger partial charge in [0.25, 0.3) is 0 Å². The summed E-state index contributed by atoms with van der Waals surface area (Å²) in [6.45, 7) is -0.295. The molecule has 0 unspecified atom stereocenters. The quantitative estimate of drug-likeness (QED) is 0.415. The molecule has 3 N–H and O–H groups in total. The van der Waals surface area contributed by atoms with Gasteiger partial charge in [-0.2, -0.15) is 0 Å². The highest BCUT2D eigenvalue weighted by molar-refractivity contribution is 5.77. The van der Waals surface area contributed by atoms with Gasteiger partial charge in [-0.05, 0) is 0 Å².